The molecule has 6 nitrogen and oxygen atoms in total. The molecule has 0 aliphatic rings. The number of furan rings is 1. The molecule has 25 heavy (non-hydrogen) atoms. The smallest absolute Gasteiger partial charge is 0.287 e. The highest BCUT2D eigenvalue weighted by Crippen LogP contribution is 2.18. The lowest BCUT2D eigenvalue weighted by Gasteiger charge is -2.05. The Hall–Kier alpha value is -2.25. The maximum atomic E-state index is 12.2. The van der Waals surface area contributed by atoms with Crippen molar-refractivity contribution in [1.29, 1.82) is 0 Å². The van der Waals surface area contributed by atoms with Gasteiger partial charge in [0, 0.05) is 11.5 Å². The molecule has 0 spiro atoms. The number of halogens is 2. The summed E-state index contributed by atoms with van der Waals surface area (Å²) in [5.41, 5.74) is 0.723. The molecule has 1 aromatic carbocycles. The van der Waals surface area contributed by atoms with Crippen LogP contribution in [0.4, 0.5) is 0 Å². The molecule has 0 unspecified atom stereocenters. The summed E-state index contributed by atoms with van der Waals surface area (Å²) in [5, 5.41) is 7.28. The largest absolute Gasteiger partial charge is 0.486 e. The zero-order valence-corrected chi connectivity index (χ0v) is 15.7. The number of ether oxygens (including phenoxy) is 1. The predicted octanol–water partition coefficient (Wildman–Crippen LogP) is 3.94. The van der Waals surface area contributed by atoms with Crippen molar-refractivity contribution < 1.29 is 13.9 Å². The first-order valence-corrected chi connectivity index (χ1v) is 8.61. The molecule has 0 saturated carbocycles. The lowest BCUT2D eigenvalue weighted by Crippen LogP contribution is -2.23. The number of nitrogens with zero attached hydrogens (tertiary/aromatic N) is 2. The minimum absolute atomic E-state index is 0.215. The third-order valence-electron chi connectivity index (χ3n) is 3.51. The van der Waals surface area contributed by atoms with Crippen molar-refractivity contribution in [3.8, 4) is 5.75 Å². The van der Waals surface area contributed by atoms with Crippen LogP contribution in [0.3, 0.4) is 0 Å². The first-order valence-electron chi connectivity index (χ1n) is 7.44. The zero-order valence-electron chi connectivity index (χ0n) is 13.3. The fourth-order valence-electron chi connectivity index (χ4n) is 2.15. The molecular formula is C17H15BrClN3O3. The van der Waals surface area contributed by atoms with E-state index in [2.05, 4.69) is 26.3 Å². The zero-order chi connectivity index (χ0) is 17.8. The molecule has 0 atom stereocenters. The molecule has 2 heterocycles. The Balaban J connectivity index is 1.55. The van der Waals surface area contributed by atoms with E-state index in [1.165, 1.54) is 6.20 Å². The lowest BCUT2D eigenvalue weighted by atomic mass is 10.3. The Morgan fingerprint density at radius 2 is 2.08 bits per heavy atom. The van der Waals surface area contributed by atoms with Gasteiger partial charge in [-0.2, -0.15) is 5.10 Å². The number of aromatic nitrogens is 2. The Morgan fingerprint density at radius 1 is 1.32 bits per heavy atom. The number of carbonyl (C=O) groups excluding carboxylic acids is 1. The second-order valence-electron chi connectivity index (χ2n) is 5.25. The van der Waals surface area contributed by atoms with Crippen LogP contribution in [0.15, 0.2) is 51.5 Å². The molecule has 3 aromatic rings. The van der Waals surface area contributed by atoms with Crippen molar-refractivity contribution in [3.63, 3.8) is 0 Å². The van der Waals surface area contributed by atoms with Crippen LogP contribution in [0.5, 0.6) is 5.75 Å². The molecule has 2 aromatic heterocycles. The molecule has 0 bridgehead atoms. The van der Waals surface area contributed by atoms with Crippen LogP contribution in [0.2, 0.25) is 5.02 Å². The van der Waals surface area contributed by atoms with E-state index in [0.717, 1.165) is 15.9 Å². The van der Waals surface area contributed by atoms with Gasteiger partial charge in [0.2, 0.25) is 0 Å². The van der Waals surface area contributed by atoms with Crippen LogP contribution in [0, 0.1) is 0 Å². The Labute approximate surface area is 157 Å². The van der Waals surface area contributed by atoms with E-state index in [0.29, 0.717) is 10.8 Å². The van der Waals surface area contributed by atoms with E-state index in [1.807, 2.05) is 24.3 Å². The first kappa shape index (κ1) is 17.6. The molecule has 0 aliphatic carbocycles. The summed E-state index contributed by atoms with van der Waals surface area (Å²) in [6, 6.07) is 10.8. The molecule has 1 N–H and O–H groups in total. The van der Waals surface area contributed by atoms with Crippen molar-refractivity contribution in [1.82, 2.24) is 15.1 Å². The highest BCUT2D eigenvalue weighted by Gasteiger charge is 2.13. The fraction of sp³-hybridized carbons (Fsp3) is 0.176. The van der Waals surface area contributed by atoms with Crippen LogP contribution >= 0.6 is 27.5 Å². The van der Waals surface area contributed by atoms with Crippen LogP contribution < -0.4 is 10.1 Å². The highest BCUT2D eigenvalue weighted by atomic mass is 79.9. The summed E-state index contributed by atoms with van der Waals surface area (Å²) in [6.45, 7) is 0.502. The SMILES string of the molecule is Cn1ncc(Cl)c1CNC(=O)c1ccc(COc2ccc(Br)cc2)o1. The van der Waals surface area contributed by atoms with Gasteiger partial charge < -0.3 is 14.5 Å². The van der Waals surface area contributed by atoms with Gasteiger partial charge in [0.1, 0.15) is 18.1 Å². The van der Waals surface area contributed by atoms with Crippen LogP contribution in [0.1, 0.15) is 22.0 Å². The van der Waals surface area contributed by atoms with Crippen molar-refractivity contribution in [2.24, 2.45) is 7.05 Å². The van der Waals surface area contributed by atoms with Gasteiger partial charge in [-0.15, -0.1) is 0 Å². The average molecular weight is 425 g/mol. The Morgan fingerprint density at radius 3 is 2.76 bits per heavy atom. The Kier molecular flexibility index (Phi) is 5.45. The van der Waals surface area contributed by atoms with Gasteiger partial charge in [0.05, 0.1) is 23.5 Å². The van der Waals surface area contributed by atoms with Gasteiger partial charge in [-0.05, 0) is 36.4 Å². The number of amides is 1. The highest BCUT2D eigenvalue weighted by molar-refractivity contribution is 9.10. The summed E-state index contributed by atoms with van der Waals surface area (Å²) in [5.74, 6) is 1.17. The molecule has 1 amide bonds. The van der Waals surface area contributed by atoms with Crippen LogP contribution in [-0.4, -0.2) is 15.7 Å². The molecule has 8 heteroatoms. The third kappa shape index (κ3) is 4.43. The van der Waals surface area contributed by atoms with Gasteiger partial charge in [-0.1, -0.05) is 27.5 Å². The van der Waals surface area contributed by atoms with Gasteiger partial charge in [0.15, 0.2) is 5.76 Å². The number of hydrogen-bond acceptors (Lipinski definition) is 4. The number of hydrogen-bond donors (Lipinski definition) is 1. The molecule has 0 fully saturated rings. The quantitative estimate of drug-likeness (QED) is 0.651. The van der Waals surface area contributed by atoms with E-state index < -0.39 is 0 Å². The average Bonchev–Trinajstić information content (AvgIpc) is 3.20. The maximum Gasteiger partial charge on any atom is 0.287 e. The van der Waals surface area contributed by atoms with Crippen molar-refractivity contribution >= 4 is 33.4 Å². The van der Waals surface area contributed by atoms with E-state index >= 15 is 0 Å². The molecule has 3 rings (SSSR count). The summed E-state index contributed by atoms with van der Waals surface area (Å²) in [6.07, 6.45) is 1.54. The number of benzene rings is 1. The van der Waals surface area contributed by atoms with E-state index in [1.54, 1.807) is 23.9 Å². The minimum atomic E-state index is -0.327. The number of carbonyl (C=O) groups is 1. The standard InChI is InChI=1S/C17H15BrClN3O3/c1-22-15(14(19)8-21-22)9-20-17(23)16-7-6-13(25-16)10-24-12-4-2-11(18)3-5-12/h2-8H,9-10H2,1H3,(H,20,23). The fourth-order valence-corrected chi connectivity index (χ4v) is 2.65. The van der Waals surface area contributed by atoms with Crippen molar-refractivity contribution in [2.45, 2.75) is 13.2 Å². The first-order chi connectivity index (χ1) is 12.0. The van der Waals surface area contributed by atoms with E-state index in [-0.39, 0.29) is 24.8 Å². The van der Waals surface area contributed by atoms with Crippen molar-refractivity contribution in [2.75, 3.05) is 0 Å². The summed E-state index contributed by atoms with van der Waals surface area (Å²) in [4.78, 5) is 12.2. The minimum Gasteiger partial charge on any atom is -0.486 e. The molecular weight excluding hydrogens is 410 g/mol. The topological polar surface area (TPSA) is 69.3 Å². The Bertz CT molecular complexity index is 854. The van der Waals surface area contributed by atoms with E-state index in [9.17, 15) is 4.79 Å². The second-order valence-corrected chi connectivity index (χ2v) is 6.58. The van der Waals surface area contributed by atoms with Gasteiger partial charge in [0.25, 0.3) is 5.91 Å². The number of nitrogens with one attached hydrogen (secondary N) is 1. The summed E-state index contributed by atoms with van der Waals surface area (Å²) < 4.78 is 13.7. The van der Waals surface area contributed by atoms with Gasteiger partial charge >= 0.3 is 0 Å². The molecule has 130 valence electrons. The molecule has 0 radical (unpaired) electrons. The molecule has 0 saturated heterocycles. The van der Waals surface area contributed by atoms with Crippen LogP contribution in [-0.2, 0) is 20.2 Å². The summed E-state index contributed by atoms with van der Waals surface area (Å²) >= 11 is 9.38. The van der Waals surface area contributed by atoms with E-state index in [4.69, 9.17) is 20.8 Å². The maximum absolute atomic E-state index is 12.2. The normalized spacial score (nSPS) is 10.7. The van der Waals surface area contributed by atoms with Crippen molar-refractivity contribution in [3.05, 3.63) is 69.3 Å². The van der Waals surface area contributed by atoms with Gasteiger partial charge in [-0.3, -0.25) is 9.48 Å². The van der Waals surface area contributed by atoms with Gasteiger partial charge in [-0.25, -0.2) is 0 Å². The third-order valence-corrected chi connectivity index (χ3v) is 4.35. The molecule has 0 aliphatic heterocycles. The summed E-state index contributed by atoms with van der Waals surface area (Å²) in [7, 11) is 1.76. The predicted molar refractivity (Wildman–Crippen MR) is 96.6 cm³/mol. The van der Waals surface area contributed by atoms with Crippen LogP contribution in [0.25, 0.3) is 0 Å². The monoisotopic (exact) mass is 423 g/mol. The number of rotatable bonds is 6. The second kappa shape index (κ2) is 7.76. The number of aryl methyl sites for hydroxylation is 1. The lowest BCUT2D eigenvalue weighted by molar-refractivity contribution is 0.0918.